The minimum absolute atomic E-state index is 0.0595. The minimum atomic E-state index is -0.550. The quantitative estimate of drug-likeness (QED) is 0.869. The van der Waals surface area contributed by atoms with Crippen molar-refractivity contribution < 1.29 is 14.3 Å². The van der Waals surface area contributed by atoms with E-state index in [1.807, 2.05) is 19.0 Å². The SMILES string of the molecule is CN(C)[C@@H]1CN(C(=O)c2cc3ccc(F)cc3[nH]2)C[C@H]1O. The fourth-order valence-electron chi connectivity index (χ4n) is 2.83. The predicted molar refractivity (Wildman–Crippen MR) is 77.6 cm³/mol. The Bertz CT molecular complexity index is 683. The van der Waals surface area contributed by atoms with Crippen molar-refractivity contribution in [1.29, 1.82) is 0 Å². The average Bonchev–Trinajstić information content (AvgIpc) is 3.00. The van der Waals surface area contributed by atoms with E-state index in [-0.39, 0.29) is 17.8 Å². The summed E-state index contributed by atoms with van der Waals surface area (Å²) in [5.74, 6) is -0.511. The second kappa shape index (κ2) is 5.13. The number of β-amino-alcohol motifs (C(OH)–C–C–N with tert-alkyl or cyclic N) is 1. The number of benzene rings is 1. The van der Waals surface area contributed by atoms with Gasteiger partial charge in [-0.1, -0.05) is 0 Å². The van der Waals surface area contributed by atoms with Crippen LogP contribution in [-0.4, -0.2) is 65.1 Å². The van der Waals surface area contributed by atoms with Gasteiger partial charge in [0.25, 0.3) is 5.91 Å². The zero-order chi connectivity index (χ0) is 15.1. The molecule has 0 radical (unpaired) electrons. The third kappa shape index (κ3) is 2.52. The van der Waals surface area contributed by atoms with E-state index in [0.29, 0.717) is 24.3 Å². The number of H-pyrrole nitrogens is 1. The summed E-state index contributed by atoms with van der Waals surface area (Å²) >= 11 is 0. The number of amides is 1. The number of fused-ring (bicyclic) bond motifs is 1. The number of aliphatic hydroxyl groups excluding tert-OH is 1. The number of carbonyl (C=O) groups is 1. The molecule has 1 saturated heterocycles. The number of rotatable bonds is 2. The largest absolute Gasteiger partial charge is 0.390 e. The highest BCUT2D eigenvalue weighted by molar-refractivity contribution is 5.98. The third-order valence-electron chi connectivity index (χ3n) is 4.02. The van der Waals surface area contributed by atoms with Crippen molar-refractivity contribution >= 4 is 16.8 Å². The van der Waals surface area contributed by atoms with Gasteiger partial charge in [0.1, 0.15) is 11.5 Å². The molecule has 1 fully saturated rings. The van der Waals surface area contributed by atoms with Crippen LogP contribution in [0.1, 0.15) is 10.5 Å². The Kier molecular flexibility index (Phi) is 3.43. The first-order chi connectivity index (χ1) is 9.95. The van der Waals surface area contributed by atoms with Crippen LogP contribution in [0.3, 0.4) is 0 Å². The molecule has 2 aromatic rings. The van der Waals surface area contributed by atoms with Crippen LogP contribution in [0.15, 0.2) is 24.3 Å². The van der Waals surface area contributed by atoms with Crippen LogP contribution >= 0.6 is 0 Å². The Morgan fingerprint density at radius 2 is 2.14 bits per heavy atom. The number of aromatic amines is 1. The molecule has 0 unspecified atom stereocenters. The smallest absolute Gasteiger partial charge is 0.270 e. The summed E-state index contributed by atoms with van der Waals surface area (Å²) in [6.45, 7) is 0.794. The number of carbonyl (C=O) groups excluding carboxylic acids is 1. The molecule has 1 aliphatic rings. The number of halogens is 1. The highest BCUT2D eigenvalue weighted by Crippen LogP contribution is 2.21. The van der Waals surface area contributed by atoms with Gasteiger partial charge in [-0.3, -0.25) is 4.79 Å². The molecule has 1 aromatic carbocycles. The van der Waals surface area contributed by atoms with Gasteiger partial charge < -0.3 is 19.9 Å². The molecule has 0 aliphatic carbocycles. The lowest BCUT2D eigenvalue weighted by molar-refractivity contribution is 0.0759. The number of aromatic nitrogens is 1. The molecule has 2 N–H and O–H groups in total. The topological polar surface area (TPSA) is 59.6 Å². The first-order valence-corrected chi connectivity index (χ1v) is 6.88. The Hall–Kier alpha value is -1.92. The molecule has 1 aromatic heterocycles. The van der Waals surface area contributed by atoms with Gasteiger partial charge in [-0.2, -0.15) is 0 Å². The number of likely N-dealkylation sites (N-methyl/N-ethyl adjacent to an activating group) is 1. The summed E-state index contributed by atoms with van der Waals surface area (Å²) in [6.07, 6.45) is -0.550. The van der Waals surface area contributed by atoms with Gasteiger partial charge in [0.05, 0.1) is 12.1 Å². The van der Waals surface area contributed by atoms with Crippen molar-refractivity contribution in [1.82, 2.24) is 14.8 Å². The van der Waals surface area contributed by atoms with Gasteiger partial charge in [0.2, 0.25) is 0 Å². The van der Waals surface area contributed by atoms with E-state index in [1.54, 1.807) is 17.0 Å². The number of aliphatic hydroxyl groups is 1. The lowest BCUT2D eigenvalue weighted by atomic mass is 10.2. The summed E-state index contributed by atoms with van der Waals surface area (Å²) < 4.78 is 13.2. The molecule has 1 aliphatic heterocycles. The molecule has 5 nitrogen and oxygen atoms in total. The monoisotopic (exact) mass is 291 g/mol. The zero-order valence-corrected chi connectivity index (χ0v) is 12.0. The number of nitrogens with one attached hydrogen (secondary N) is 1. The van der Waals surface area contributed by atoms with Crippen molar-refractivity contribution in [2.24, 2.45) is 0 Å². The summed E-state index contributed by atoms with van der Waals surface area (Å²) in [6, 6.07) is 6.03. The van der Waals surface area contributed by atoms with E-state index >= 15 is 0 Å². The molecule has 3 rings (SSSR count). The van der Waals surface area contributed by atoms with Crippen LogP contribution in [0.25, 0.3) is 10.9 Å². The molecule has 21 heavy (non-hydrogen) atoms. The summed E-state index contributed by atoms with van der Waals surface area (Å²) in [7, 11) is 3.77. The molecule has 0 saturated carbocycles. The van der Waals surface area contributed by atoms with E-state index in [4.69, 9.17) is 0 Å². The first-order valence-electron chi connectivity index (χ1n) is 6.88. The van der Waals surface area contributed by atoms with E-state index in [1.165, 1.54) is 12.1 Å². The lowest BCUT2D eigenvalue weighted by Gasteiger charge is -2.21. The van der Waals surface area contributed by atoms with Crippen LogP contribution in [0.5, 0.6) is 0 Å². The minimum Gasteiger partial charge on any atom is -0.390 e. The number of hydrogen-bond donors (Lipinski definition) is 2. The standard InChI is InChI=1S/C15H18FN3O2/c1-18(2)13-7-19(8-14(13)20)15(21)12-5-9-3-4-10(16)6-11(9)17-12/h3-6,13-14,17,20H,7-8H2,1-2H3/t13-,14-/m1/s1. The van der Waals surface area contributed by atoms with Gasteiger partial charge in [-0.25, -0.2) is 4.39 Å². The van der Waals surface area contributed by atoms with Gasteiger partial charge in [0, 0.05) is 24.0 Å². The summed E-state index contributed by atoms with van der Waals surface area (Å²) in [5, 5.41) is 10.8. The maximum absolute atomic E-state index is 13.2. The number of likely N-dealkylation sites (tertiary alicyclic amines) is 1. The van der Waals surface area contributed by atoms with Crippen molar-refractivity contribution in [3.05, 3.63) is 35.8 Å². The molecule has 1 amide bonds. The Balaban J connectivity index is 1.84. The fourth-order valence-corrected chi connectivity index (χ4v) is 2.83. The summed E-state index contributed by atoms with van der Waals surface area (Å²) in [5.41, 5.74) is 1.02. The van der Waals surface area contributed by atoms with E-state index in [0.717, 1.165) is 5.39 Å². The van der Waals surface area contributed by atoms with Crippen molar-refractivity contribution in [3.63, 3.8) is 0 Å². The van der Waals surface area contributed by atoms with E-state index in [2.05, 4.69) is 4.98 Å². The van der Waals surface area contributed by atoms with Crippen molar-refractivity contribution in [2.45, 2.75) is 12.1 Å². The van der Waals surface area contributed by atoms with Gasteiger partial charge >= 0.3 is 0 Å². The molecular formula is C15H18FN3O2. The number of nitrogens with zero attached hydrogens (tertiary/aromatic N) is 2. The normalized spacial score (nSPS) is 22.4. The lowest BCUT2D eigenvalue weighted by Crippen LogP contribution is -2.38. The fraction of sp³-hybridized carbons (Fsp3) is 0.400. The highest BCUT2D eigenvalue weighted by Gasteiger charge is 2.35. The second-order valence-corrected chi connectivity index (χ2v) is 5.72. The van der Waals surface area contributed by atoms with Crippen LogP contribution < -0.4 is 0 Å². The molecule has 0 spiro atoms. The maximum atomic E-state index is 13.2. The third-order valence-corrected chi connectivity index (χ3v) is 4.02. The zero-order valence-electron chi connectivity index (χ0n) is 12.0. The molecule has 6 heteroatoms. The first kappa shape index (κ1) is 14.0. The molecule has 2 atom stereocenters. The van der Waals surface area contributed by atoms with E-state index in [9.17, 15) is 14.3 Å². The second-order valence-electron chi connectivity index (χ2n) is 5.72. The van der Waals surface area contributed by atoms with Crippen LogP contribution in [0.2, 0.25) is 0 Å². The van der Waals surface area contributed by atoms with Crippen molar-refractivity contribution in [3.8, 4) is 0 Å². The Morgan fingerprint density at radius 1 is 1.38 bits per heavy atom. The van der Waals surface area contributed by atoms with Gasteiger partial charge in [-0.05, 0) is 38.4 Å². The molecule has 0 bridgehead atoms. The Morgan fingerprint density at radius 3 is 2.81 bits per heavy atom. The number of hydrogen-bond acceptors (Lipinski definition) is 3. The van der Waals surface area contributed by atoms with Crippen molar-refractivity contribution in [2.75, 3.05) is 27.2 Å². The Labute approximate surface area is 122 Å². The molecular weight excluding hydrogens is 273 g/mol. The predicted octanol–water partition coefficient (Wildman–Crippen LogP) is 1.05. The maximum Gasteiger partial charge on any atom is 0.270 e. The van der Waals surface area contributed by atoms with Gasteiger partial charge in [0.15, 0.2) is 0 Å². The van der Waals surface area contributed by atoms with E-state index < -0.39 is 6.10 Å². The van der Waals surface area contributed by atoms with Gasteiger partial charge in [-0.15, -0.1) is 0 Å². The molecule has 112 valence electrons. The summed E-state index contributed by atoms with van der Waals surface area (Å²) in [4.78, 5) is 19.0. The molecule has 2 heterocycles. The average molecular weight is 291 g/mol. The van der Waals surface area contributed by atoms with Crippen LogP contribution in [0.4, 0.5) is 4.39 Å². The van der Waals surface area contributed by atoms with Crippen LogP contribution in [-0.2, 0) is 0 Å². The van der Waals surface area contributed by atoms with Crippen LogP contribution in [0, 0.1) is 5.82 Å². The highest BCUT2D eigenvalue weighted by atomic mass is 19.1.